The highest BCUT2D eigenvalue weighted by molar-refractivity contribution is 5.81. The van der Waals surface area contributed by atoms with Crippen molar-refractivity contribution >= 4 is 11.6 Å². The van der Waals surface area contributed by atoms with Crippen molar-refractivity contribution in [2.45, 2.75) is 57.2 Å². The molecule has 5 rings (SSSR count). The van der Waals surface area contributed by atoms with Crippen molar-refractivity contribution in [1.29, 1.82) is 0 Å². The summed E-state index contributed by atoms with van der Waals surface area (Å²) in [5.41, 5.74) is 2.26. The molecule has 1 atom stereocenters. The molecule has 3 aromatic rings. The summed E-state index contributed by atoms with van der Waals surface area (Å²) in [6.45, 7) is 6.94. The van der Waals surface area contributed by atoms with E-state index in [2.05, 4.69) is 60.0 Å². The Morgan fingerprint density at radius 1 is 0.970 bits per heavy atom. The third-order valence-corrected chi connectivity index (χ3v) is 7.34. The molecule has 0 aliphatic carbocycles. The van der Waals surface area contributed by atoms with Crippen molar-refractivity contribution in [1.82, 2.24) is 29.7 Å². The maximum atomic E-state index is 13.0. The van der Waals surface area contributed by atoms with E-state index in [0.717, 1.165) is 69.9 Å². The third kappa shape index (κ3) is 5.09. The Kier molecular flexibility index (Phi) is 6.69. The number of amides is 1. The number of nitrogens with one attached hydrogen (secondary N) is 1. The van der Waals surface area contributed by atoms with Gasteiger partial charge in [0.05, 0.1) is 6.04 Å². The van der Waals surface area contributed by atoms with Gasteiger partial charge in [0, 0.05) is 37.8 Å². The molecule has 1 unspecified atom stereocenters. The minimum Gasteiger partial charge on any atom is -0.352 e. The van der Waals surface area contributed by atoms with E-state index < -0.39 is 0 Å². The van der Waals surface area contributed by atoms with Gasteiger partial charge in [0.2, 0.25) is 5.91 Å². The fourth-order valence-corrected chi connectivity index (χ4v) is 5.25. The Morgan fingerprint density at radius 2 is 1.70 bits per heavy atom. The molecule has 2 aromatic heterocycles. The molecular weight excluding hydrogens is 412 g/mol. The second-order valence-electron chi connectivity index (χ2n) is 9.52. The number of likely N-dealkylation sites (tertiary alicyclic amines) is 2. The van der Waals surface area contributed by atoms with Crippen LogP contribution in [0.25, 0.3) is 5.65 Å². The van der Waals surface area contributed by atoms with E-state index in [9.17, 15) is 4.79 Å². The average Bonchev–Trinajstić information content (AvgIpc) is 3.30. The van der Waals surface area contributed by atoms with Crippen molar-refractivity contribution in [3.8, 4) is 0 Å². The van der Waals surface area contributed by atoms with Gasteiger partial charge in [-0.05, 0) is 63.4 Å². The van der Waals surface area contributed by atoms with Crippen LogP contribution in [0.1, 0.15) is 49.9 Å². The molecule has 2 fully saturated rings. The molecular formula is C26H34N6O. The Morgan fingerprint density at radius 3 is 2.45 bits per heavy atom. The zero-order valence-electron chi connectivity index (χ0n) is 19.4. The molecule has 33 heavy (non-hydrogen) atoms. The van der Waals surface area contributed by atoms with Gasteiger partial charge in [-0.25, -0.2) is 0 Å². The summed E-state index contributed by atoms with van der Waals surface area (Å²) in [5.74, 6) is 1.61. The van der Waals surface area contributed by atoms with Crippen LogP contribution >= 0.6 is 0 Å². The molecule has 4 heterocycles. The Bertz CT molecular complexity index is 1050. The number of carbonyl (C=O) groups is 1. The molecule has 7 nitrogen and oxygen atoms in total. The van der Waals surface area contributed by atoms with Gasteiger partial charge >= 0.3 is 0 Å². The molecule has 0 radical (unpaired) electrons. The minimum atomic E-state index is -0.0940. The first kappa shape index (κ1) is 22.0. The molecule has 0 spiro atoms. The lowest BCUT2D eigenvalue weighted by atomic mass is 9.95. The Balaban J connectivity index is 1.08. The average molecular weight is 447 g/mol. The van der Waals surface area contributed by atoms with Gasteiger partial charge in [-0.15, -0.1) is 10.2 Å². The lowest BCUT2D eigenvalue weighted by Gasteiger charge is -2.37. The predicted molar refractivity (Wildman–Crippen MR) is 129 cm³/mol. The van der Waals surface area contributed by atoms with E-state index in [0.29, 0.717) is 5.92 Å². The van der Waals surface area contributed by atoms with E-state index >= 15 is 0 Å². The summed E-state index contributed by atoms with van der Waals surface area (Å²) < 4.78 is 2.10. The lowest BCUT2D eigenvalue weighted by Crippen LogP contribution is -2.52. The van der Waals surface area contributed by atoms with Crippen LogP contribution in [0.4, 0.5) is 0 Å². The second-order valence-corrected chi connectivity index (χ2v) is 9.52. The van der Waals surface area contributed by atoms with Crippen LogP contribution in [-0.4, -0.2) is 68.6 Å². The number of nitrogens with zero attached hydrogens (tertiary/aromatic N) is 5. The summed E-state index contributed by atoms with van der Waals surface area (Å²) in [5, 5.41) is 12.1. The predicted octanol–water partition coefficient (Wildman–Crippen LogP) is 3.08. The van der Waals surface area contributed by atoms with Gasteiger partial charge in [-0.3, -0.25) is 19.0 Å². The molecule has 2 aliphatic rings. The maximum absolute atomic E-state index is 13.0. The molecule has 1 N–H and O–H groups in total. The Labute approximate surface area is 195 Å². The maximum Gasteiger partial charge on any atom is 0.237 e. The highest BCUT2D eigenvalue weighted by Crippen LogP contribution is 2.28. The molecule has 0 saturated carbocycles. The van der Waals surface area contributed by atoms with E-state index in [1.54, 1.807) is 0 Å². The van der Waals surface area contributed by atoms with Crippen molar-refractivity contribution in [2.24, 2.45) is 0 Å². The quantitative estimate of drug-likeness (QED) is 0.630. The van der Waals surface area contributed by atoms with Crippen LogP contribution in [0.3, 0.4) is 0 Å². The van der Waals surface area contributed by atoms with Crippen LogP contribution in [0, 0.1) is 0 Å². The van der Waals surface area contributed by atoms with Crippen LogP contribution in [0.15, 0.2) is 54.7 Å². The van der Waals surface area contributed by atoms with E-state index in [-0.39, 0.29) is 18.0 Å². The summed E-state index contributed by atoms with van der Waals surface area (Å²) in [6.07, 6.45) is 6.09. The summed E-state index contributed by atoms with van der Waals surface area (Å²) in [7, 11) is 0. The van der Waals surface area contributed by atoms with E-state index in [1.165, 1.54) is 5.56 Å². The van der Waals surface area contributed by atoms with Crippen LogP contribution in [-0.2, 0) is 11.3 Å². The highest BCUT2D eigenvalue weighted by atomic mass is 16.2. The largest absolute Gasteiger partial charge is 0.352 e. The number of piperidine rings is 2. The zero-order valence-corrected chi connectivity index (χ0v) is 19.4. The molecule has 2 saturated heterocycles. The van der Waals surface area contributed by atoms with Crippen LogP contribution in [0.5, 0.6) is 0 Å². The fourth-order valence-electron chi connectivity index (χ4n) is 5.25. The SMILES string of the molecule is CC(C(=O)NC1CCN(Cc2ccccc2)CC1)N1CCC(c2nnc3ccccn23)CC1. The second kappa shape index (κ2) is 10.0. The van der Waals surface area contributed by atoms with Gasteiger partial charge in [0.15, 0.2) is 5.65 Å². The number of aromatic nitrogens is 3. The van der Waals surface area contributed by atoms with Crippen molar-refractivity contribution in [3.05, 3.63) is 66.1 Å². The number of carbonyl (C=O) groups excluding carboxylic acids is 1. The Hall–Kier alpha value is -2.77. The van der Waals surface area contributed by atoms with Crippen molar-refractivity contribution < 1.29 is 4.79 Å². The number of fused-ring (bicyclic) bond motifs is 1. The van der Waals surface area contributed by atoms with Gasteiger partial charge in [-0.1, -0.05) is 36.4 Å². The van der Waals surface area contributed by atoms with E-state index in [4.69, 9.17) is 0 Å². The molecule has 174 valence electrons. The van der Waals surface area contributed by atoms with Crippen molar-refractivity contribution in [2.75, 3.05) is 26.2 Å². The monoisotopic (exact) mass is 446 g/mol. The normalized spacial score (nSPS) is 20.2. The van der Waals surface area contributed by atoms with Gasteiger partial charge in [0.1, 0.15) is 5.82 Å². The first-order valence-electron chi connectivity index (χ1n) is 12.3. The standard InChI is InChI=1S/C26H34N6O/c1-20(26(33)27-23-12-15-30(16-13-23)19-21-7-3-2-4-8-21)31-17-10-22(11-18-31)25-29-28-24-9-5-6-14-32(24)25/h2-9,14,20,22-23H,10-13,15-19H2,1H3,(H,27,33). The molecule has 1 aromatic carbocycles. The van der Waals surface area contributed by atoms with Gasteiger partial charge in [-0.2, -0.15) is 0 Å². The smallest absolute Gasteiger partial charge is 0.237 e. The molecule has 7 heteroatoms. The first-order chi connectivity index (χ1) is 16.2. The molecule has 0 bridgehead atoms. The minimum absolute atomic E-state index is 0.0940. The summed E-state index contributed by atoms with van der Waals surface area (Å²) in [6, 6.07) is 16.8. The van der Waals surface area contributed by atoms with Crippen LogP contribution < -0.4 is 5.32 Å². The van der Waals surface area contributed by atoms with Gasteiger partial charge in [0.25, 0.3) is 0 Å². The number of pyridine rings is 1. The topological polar surface area (TPSA) is 65.8 Å². The number of hydrogen-bond donors (Lipinski definition) is 1. The summed E-state index contributed by atoms with van der Waals surface area (Å²) in [4.78, 5) is 17.8. The zero-order chi connectivity index (χ0) is 22.6. The number of rotatable bonds is 6. The third-order valence-electron chi connectivity index (χ3n) is 7.34. The highest BCUT2D eigenvalue weighted by Gasteiger charge is 2.30. The molecule has 1 amide bonds. The first-order valence-corrected chi connectivity index (χ1v) is 12.3. The number of benzene rings is 1. The number of hydrogen-bond acceptors (Lipinski definition) is 5. The lowest BCUT2D eigenvalue weighted by molar-refractivity contribution is -0.127. The molecule has 2 aliphatic heterocycles. The summed E-state index contributed by atoms with van der Waals surface area (Å²) >= 11 is 0. The van der Waals surface area contributed by atoms with Gasteiger partial charge < -0.3 is 5.32 Å². The van der Waals surface area contributed by atoms with Crippen molar-refractivity contribution in [3.63, 3.8) is 0 Å². The van der Waals surface area contributed by atoms with Crippen LogP contribution in [0.2, 0.25) is 0 Å². The van der Waals surface area contributed by atoms with E-state index in [1.807, 2.05) is 31.3 Å². The fraction of sp³-hybridized carbons (Fsp3) is 0.500.